The molecule has 4 heteroatoms. The number of hydrogen-bond donors (Lipinski definition) is 3. The van der Waals surface area contributed by atoms with Crippen LogP contribution in [-0.4, -0.2) is 5.11 Å². The SMILES string of the molecule is NCc1cc(F)c(CN)cc1O. The minimum Gasteiger partial charge on any atom is -0.508 e. The van der Waals surface area contributed by atoms with Crippen molar-refractivity contribution < 1.29 is 9.50 Å². The van der Waals surface area contributed by atoms with Gasteiger partial charge in [-0.05, 0) is 12.1 Å². The first kappa shape index (κ1) is 8.96. The van der Waals surface area contributed by atoms with Gasteiger partial charge in [0.05, 0.1) is 0 Å². The highest BCUT2D eigenvalue weighted by atomic mass is 19.1. The van der Waals surface area contributed by atoms with Gasteiger partial charge in [-0.1, -0.05) is 0 Å². The first-order valence-corrected chi connectivity index (χ1v) is 3.59. The fraction of sp³-hybridized carbons (Fsp3) is 0.250. The summed E-state index contributed by atoms with van der Waals surface area (Å²) in [5.41, 5.74) is 11.2. The lowest BCUT2D eigenvalue weighted by molar-refractivity contribution is 0.464. The van der Waals surface area contributed by atoms with E-state index >= 15 is 0 Å². The van der Waals surface area contributed by atoms with E-state index in [1.807, 2.05) is 0 Å². The van der Waals surface area contributed by atoms with E-state index in [1.165, 1.54) is 12.1 Å². The Morgan fingerprint density at radius 2 is 1.75 bits per heavy atom. The summed E-state index contributed by atoms with van der Waals surface area (Å²) in [5, 5.41) is 9.24. The Balaban J connectivity index is 3.16. The first-order valence-electron chi connectivity index (χ1n) is 3.59. The van der Waals surface area contributed by atoms with Crippen LogP contribution in [-0.2, 0) is 13.1 Å². The summed E-state index contributed by atoms with van der Waals surface area (Å²) in [5.74, 6) is -0.421. The zero-order valence-electron chi connectivity index (χ0n) is 6.55. The Morgan fingerprint density at radius 3 is 2.25 bits per heavy atom. The molecule has 0 bridgehead atoms. The van der Waals surface area contributed by atoms with Crippen molar-refractivity contribution in [3.8, 4) is 5.75 Å². The Hall–Kier alpha value is -1.13. The largest absolute Gasteiger partial charge is 0.508 e. The van der Waals surface area contributed by atoms with Crippen molar-refractivity contribution in [3.05, 3.63) is 29.1 Å². The van der Waals surface area contributed by atoms with E-state index in [2.05, 4.69) is 0 Å². The lowest BCUT2D eigenvalue weighted by Gasteiger charge is -2.05. The molecule has 0 heterocycles. The number of phenols is 1. The van der Waals surface area contributed by atoms with Gasteiger partial charge >= 0.3 is 0 Å². The van der Waals surface area contributed by atoms with Gasteiger partial charge in [-0.25, -0.2) is 4.39 Å². The van der Waals surface area contributed by atoms with Crippen molar-refractivity contribution in [1.29, 1.82) is 0 Å². The highest BCUT2D eigenvalue weighted by Gasteiger charge is 2.06. The fourth-order valence-electron chi connectivity index (χ4n) is 0.966. The molecule has 1 aromatic rings. The topological polar surface area (TPSA) is 72.3 Å². The molecule has 0 saturated carbocycles. The third kappa shape index (κ3) is 1.54. The predicted octanol–water partition coefficient (Wildman–Crippen LogP) is 0.449. The minimum absolute atomic E-state index is 0.000602. The number of halogens is 1. The molecule has 3 nitrogen and oxygen atoms in total. The van der Waals surface area contributed by atoms with Crippen LogP contribution in [0.3, 0.4) is 0 Å². The molecule has 1 aromatic carbocycles. The second kappa shape index (κ2) is 3.51. The summed E-state index contributed by atoms with van der Waals surface area (Å²) >= 11 is 0. The van der Waals surface area contributed by atoms with Crippen molar-refractivity contribution >= 4 is 0 Å². The van der Waals surface area contributed by atoms with Crippen molar-refractivity contribution in [2.24, 2.45) is 11.5 Å². The highest BCUT2D eigenvalue weighted by molar-refractivity contribution is 5.37. The molecule has 1 rings (SSSR count). The lowest BCUT2D eigenvalue weighted by atomic mass is 10.1. The van der Waals surface area contributed by atoms with Crippen LogP contribution < -0.4 is 11.5 Å². The Kier molecular flexibility index (Phi) is 2.62. The highest BCUT2D eigenvalue weighted by Crippen LogP contribution is 2.20. The van der Waals surface area contributed by atoms with Gasteiger partial charge in [-0.15, -0.1) is 0 Å². The summed E-state index contributed by atoms with van der Waals surface area (Å²) < 4.78 is 13.0. The molecule has 0 atom stereocenters. The Labute approximate surface area is 69.8 Å². The summed E-state index contributed by atoms with van der Waals surface area (Å²) in [6, 6.07) is 2.51. The lowest BCUT2D eigenvalue weighted by Crippen LogP contribution is -2.03. The van der Waals surface area contributed by atoms with E-state index in [1.54, 1.807) is 0 Å². The van der Waals surface area contributed by atoms with E-state index < -0.39 is 5.82 Å². The molecule has 5 N–H and O–H groups in total. The van der Waals surface area contributed by atoms with Gasteiger partial charge in [0.1, 0.15) is 11.6 Å². The van der Waals surface area contributed by atoms with Gasteiger partial charge in [-0.3, -0.25) is 0 Å². The zero-order valence-corrected chi connectivity index (χ0v) is 6.55. The molecule has 0 aliphatic carbocycles. The van der Waals surface area contributed by atoms with Crippen molar-refractivity contribution in [1.82, 2.24) is 0 Å². The van der Waals surface area contributed by atoms with Crippen LogP contribution in [0, 0.1) is 5.82 Å². The molecular formula is C8H11FN2O. The quantitative estimate of drug-likeness (QED) is 0.603. The molecule has 0 aliphatic heterocycles. The molecule has 0 aromatic heterocycles. The van der Waals surface area contributed by atoms with Gasteiger partial charge in [0.2, 0.25) is 0 Å². The average molecular weight is 170 g/mol. The standard InChI is InChI=1S/C8H11FN2O/c9-7-1-6(4-11)8(12)2-5(7)3-10/h1-2,12H,3-4,10-11H2. The first-order chi connectivity index (χ1) is 5.69. The monoisotopic (exact) mass is 170 g/mol. The van der Waals surface area contributed by atoms with E-state index in [4.69, 9.17) is 11.5 Å². The Morgan fingerprint density at radius 1 is 1.17 bits per heavy atom. The van der Waals surface area contributed by atoms with E-state index in [9.17, 15) is 9.50 Å². The Bertz CT molecular complexity index is 259. The van der Waals surface area contributed by atoms with Crippen LogP contribution in [0.5, 0.6) is 5.75 Å². The minimum atomic E-state index is -0.421. The molecule has 0 radical (unpaired) electrons. The number of rotatable bonds is 2. The summed E-state index contributed by atoms with van der Waals surface area (Å²) in [7, 11) is 0. The van der Waals surface area contributed by atoms with Gasteiger partial charge < -0.3 is 16.6 Å². The van der Waals surface area contributed by atoms with Crippen molar-refractivity contribution in [2.75, 3.05) is 0 Å². The smallest absolute Gasteiger partial charge is 0.128 e. The van der Waals surface area contributed by atoms with Crippen LogP contribution in [0.2, 0.25) is 0 Å². The molecule has 0 aliphatic rings. The second-order valence-corrected chi connectivity index (χ2v) is 2.48. The molecule has 0 amide bonds. The maximum Gasteiger partial charge on any atom is 0.128 e. The molecule has 66 valence electrons. The fourth-order valence-corrected chi connectivity index (χ4v) is 0.966. The van der Waals surface area contributed by atoms with E-state index in [-0.39, 0.29) is 18.8 Å². The van der Waals surface area contributed by atoms with Gasteiger partial charge in [0, 0.05) is 24.2 Å². The van der Waals surface area contributed by atoms with E-state index in [0.717, 1.165) is 0 Å². The number of hydrogen-bond acceptors (Lipinski definition) is 3. The van der Waals surface area contributed by atoms with Gasteiger partial charge in [-0.2, -0.15) is 0 Å². The summed E-state index contributed by atoms with van der Waals surface area (Å²) in [6.45, 7) is 0.192. The maximum atomic E-state index is 13.0. The summed E-state index contributed by atoms with van der Waals surface area (Å²) in [4.78, 5) is 0. The molecule has 0 saturated heterocycles. The molecule has 0 fully saturated rings. The van der Waals surface area contributed by atoms with Gasteiger partial charge in [0.25, 0.3) is 0 Å². The molecule has 0 spiro atoms. The maximum absolute atomic E-state index is 13.0. The van der Waals surface area contributed by atoms with Crippen LogP contribution in [0.1, 0.15) is 11.1 Å². The molecule has 12 heavy (non-hydrogen) atoms. The van der Waals surface area contributed by atoms with Crippen LogP contribution in [0.15, 0.2) is 12.1 Å². The third-order valence-electron chi connectivity index (χ3n) is 1.69. The zero-order chi connectivity index (χ0) is 9.14. The van der Waals surface area contributed by atoms with Crippen LogP contribution in [0.4, 0.5) is 4.39 Å². The van der Waals surface area contributed by atoms with Gasteiger partial charge in [0.15, 0.2) is 0 Å². The number of benzene rings is 1. The van der Waals surface area contributed by atoms with Crippen molar-refractivity contribution in [3.63, 3.8) is 0 Å². The summed E-state index contributed by atoms with van der Waals surface area (Å²) in [6.07, 6.45) is 0. The normalized spacial score (nSPS) is 10.2. The number of nitrogens with two attached hydrogens (primary N) is 2. The van der Waals surface area contributed by atoms with Crippen LogP contribution >= 0.6 is 0 Å². The second-order valence-electron chi connectivity index (χ2n) is 2.48. The van der Waals surface area contributed by atoms with E-state index in [0.29, 0.717) is 11.1 Å². The third-order valence-corrected chi connectivity index (χ3v) is 1.69. The number of aromatic hydroxyl groups is 1. The molecular weight excluding hydrogens is 159 g/mol. The van der Waals surface area contributed by atoms with Crippen molar-refractivity contribution in [2.45, 2.75) is 13.1 Å². The van der Waals surface area contributed by atoms with Crippen LogP contribution in [0.25, 0.3) is 0 Å². The molecule has 0 unspecified atom stereocenters. The number of phenolic OH excluding ortho intramolecular Hbond substituents is 1. The predicted molar refractivity (Wildman–Crippen MR) is 43.8 cm³/mol. The average Bonchev–Trinajstić information content (AvgIpc) is 2.08.